The summed E-state index contributed by atoms with van der Waals surface area (Å²) in [6.45, 7) is 2.09. The minimum atomic E-state index is 0.310. The number of hydrogen-bond acceptors (Lipinski definition) is 3. The molecule has 0 aliphatic carbocycles. The highest BCUT2D eigenvalue weighted by atomic mass is 16.5. The van der Waals surface area contributed by atoms with Crippen LogP contribution < -0.4 is 5.73 Å². The first-order valence-corrected chi connectivity index (χ1v) is 4.88. The molecule has 3 N–H and O–H groups in total. The van der Waals surface area contributed by atoms with E-state index in [0.29, 0.717) is 30.7 Å². The van der Waals surface area contributed by atoms with E-state index in [1.165, 1.54) is 0 Å². The summed E-state index contributed by atoms with van der Waals surface area (Å²) in [5, 5.41) is 9.36. The van der Waals surface area contributed by atoms with E-state index < -0.39 is 0 Å². The van der Waals surface area contributed by atoms with E-state index >= 15 is 0 Å². The van der Waals surface area contributed by atoms with E-state index in [2.05, 4.69) is 0 Å². The van der Waals surface area contributed by atoms with E-state index in [4.69, 9.17) is 10.5 Å². The van der Waals surface area contributed by atoms with Gasteiger partial charge in [0.15, 0.2) is 0 Å². The quantitative estimate of drug-likeness (QED) is 0.739. The van der Waals surface area contributed by atoms with Gasteiger partial charge in [-0.15, -0.1) is 0 Å². The summed E-state index contributed by atoms with van der Waals surface area (Å²) >= 11 is 0. The van der Waals surface area contributed by atoms with Crippen molar-refractivity contribution in [3.8, 4) is 5.75 Å². The van der Waals surface area contributed by atoms with Crippen LogP contribution >= 0.6 is 0 Å². The van der Waals surface area contributed by atoms with E-state index in [9.17, 15) is 5.11 Å². The van der Waals surface area contributed by atoms with Gasteiger partial charge in [-0.25, -0.2) is 0 Å². The molecule has 1 saturated heterocycles. The van der Waals surface area contributed by atoms with Crippen molar-refractivity contribution in [2.45, 2.75) is 5.92 Å². The number of phenolic OH excluding ortho intramolecular Hbond substituents is 1. The van der Waals surface area contributed by atoms with Crippen molar-refractivity contribution in [3.05, 3.63) is 29.8 Å². The number of phenols is 1. The van der Waals surface area contributed by atoms with Crippen molar-refractivity contribution in [1.82, 2.24) is 0 Å². The molecule has 0 saturated carbocycles. The number of ether oxygens (including phenoxy) is 1. The zero-order valence-corrected chi connectivity index (χ0v) is 8.02. The Labute approximate surface area is 83.5 Å². The molecule has 0 radical (unpaired) electrons. The molecule has 0 spiro atoms. The fraction of sp³-hybridized carbons (Fsp3) is 0.455. The van der Waals surface area contributed by atoms with Crippen LogP contribution in [0.5, 0.6) is 5.75 Å². The predicted molar refractivity (Wildman–Crippen MR) is 54.2 cm³/mol. The van der Waals surface area contributed by atoms with Gasteiger partial charge in [0.05, 0.1) is 13.2 Å². The highest BCUT2D eigenvalue weighted by molar-refractivity contribution is 5.30. The van der Waals surface area contributed by atoms with Crippen LogP contribution in [-0.2, 0) is 4.74 Å². The maximum Gasteiger partial charge on any atom is 0.115 e. The molecule has 76 valence electrons. The molecule has 1 aromatic carbocycles. The zero-order chi connectivity index (χ0) is 9.97. The second kappa shape index (κ2) is 3.98. The van der Waals surface area contributed by atoms with Gasteiger partial charge in [0.25, 0.3) is 0 Å². The minimum Gasteiger partial charge on any atom is -0.508 e. The van der Waals surface area contributed by atoms with Crippen LogP contribution in [0.25, 0.3) is 0 Å². The van der Waals surface area contributed by atoms with E-state index in [-0.39, 0.29) is 0 Å². The minimum absolute atomic E-state index is 0.310. The van der Waals surface area contributed by atoms with Crippen molar-refractivity contribution in [3.63, 3.8) is 0 Å². The van der Waals surface area contributed by atoms with E-state index in [1.54, 1.807) is 12.1 Å². The van der Waals surface area contributed by atoms with Gasteiger partial charge < -0.3 is 15.6 Å². The zero-order valence-electron chi connectivity index (χ0n) is 8.02. The monoisotopic (exact) mass is 193 g/mol. The summed E-state index contributed by atoms with van der Waals surface area (Å²) in [5.74, 6) is 1.04. The lowest BCUT2D eigenvalue weighted by molar-refractivity contribution is 0.185. The SMILES string of the molecule is NCC1COCC1c1cccc(O)c1. The Hall–Kier alpha value is -1.06. The van der Waals surface area contributed by atoms with Gasteiger partial charge in [-0.05, 0) is 24.2 Å². The molecule has 1 aliphatic heterocycles. The topological polar surface area (TPSA) is 55.5 Å². The molecule has 1 heterocycles. The third-order valence-corrected chi connectivity index (χ3v) is 2.80. The first-order valence-electron chi connectivity index (χ1n) is 4.88. The van der Waals surface area contributed by atoms with Crippen LogP contribution in [0.2, 0.25) is 0 Å². The molecule has 14 heavy (non-hydrogen) atoms. The maximum atomic E-state index is 9.36. The second-order valence-electron chi connectivity index (χ2n) is 3.73. The van der Waals surface area contributed by atoms with Gasteiger partial charge >= 0.3 is 0 Å². The Morgan fingerprint density at radius 2 is 2.29 bits per heavy atom. The fourth-order valence-electron chi connectivity index (χ4n) is 1.95. The largest absolute Gasteiger partial charge is 0.508 e. The molecule has 0 bridgehead atoms. The number of rotatable bonds is 2. The molecular formula is C11H15NO2. The normalized spacial score (nSPS) is 26.6. The molecule has 2 rings (SSSR count). The lowest BCUT2D eigenvalue weighted by Crippen LogP contribution is -2.20. The Morgan fingerprint density at radius 3 is 3.00 bits per heavy atom. The van der Waals surface area contributed by atoms with E-state index in [1.807, 2.05) is 12.1 Å². The average Bonchev–Trinajstić information content (AvgIpc) is 2.65. The summed E-state index contributed by atoms with van der Waals surface area (Å²) in [7, 11) is 0. The highest BCUT2D eigenvalue weighted by Gasteiger charge is 2.28. The molecule has 2 unspecified atom stereocenters. The molecular weight excluding hydrogens is 178 g/mol. The van der Waals surface area contributed by atoms with Crippen LogP contribution in [0.15, 0.2) is 24.3 Å². The summed E-state index contributed by atoms with van der Waals surface area (Å²) in [6, 6.07) is 7.34. The van der Waals surface area contributed by atoms with Crippen molar-refractivity contribution < 1.29 is 9.84 Å². The second-order valence-corrected chi connectivity index (χ2v) is 3.73. The van der Waals surface area contributed by atoms with Crippen LogP contribution in [-0.4, -0.2) is 24.9 Å². The Balaban J connectivity index is 2.21. The predicted octanol–water partition coefficient (Wildman–Crippen LogP) is 1.08. The Morgan fingerprint density at radius 1 is 1.43 bits per heavy atom. The smallest absolute Gasteiger partial charge is 0.115 e. The van der Waals surface area contributed by atoms with Gasteiger partial charge in [0.1, 0.15) is 5.75 Å². The molecule has 1 fully saturated rings. The molecule has 3 heteroatoms. The molecule has 1 aromatic rings. The highest BCUT2D eigenvalue weighted by Crippen LogP contribution is 2.31. The molecule has 0 amide bonds. The number of hydrogen-bond donors (Lipinski definition) is 2. The maximum absolute atomic E-state index is 9.36. The van der Waals surface area contributed by atoms with Crippen molar-refractivity contribution in [2.75, 3.05) is 19.8 Å². The Kier molecular flexibility index (Phi) is 2.70. The van der Waals surface area contributed by atoms with Gasteiger partial charge in [-0.1, -0.05) is 12.1 Å². The Bertz CT molecular complexity index is 314. The summed E-state index contributed by atoms with van der Waals surface area (Å²) in [6.07, 6.45) is 0. The van der Waals surface area contributed by atoms with Gasteiger partial charge in [0, 0.05) is 11.8 Å². The van der Waals surface area contributed by atoms with Gasteiger partial charge in [-0.2, -0.15) is 0 Å². The van der Waals surface area contributed by atoms with E-state index in [0.717, 1.165) is 12.2 Å². The third kappa shape index (κ3) is 1.74. The first-order chi connectivity index (χ1) is 6.81. The molecule has 3 nitrogen and oxygen atoms in total. The van der Waals surface area contributed by atoms with Crippen molar-refractivity contribution in [1.29, 1.82) is 0 Å². The summed E-state index contributed by atoms with van der Waals surface area (Å²) in [4.78, 5) is 0. The molecule has 0 aromatic heterocycles. The van der Waals surface area contributed by atoms with Crippen molar-refractivity contribution >= 4 is 0 Å². The summed E-state index contributed by atoms with van der Waals surface area (Å²) in [5.41, 5.74) is 6.78. The van der Waals surface area contributed by atoms with Crippen LogP contribution in [0.4, 0.5) is 0 Å². The fourth-order valence-corrected chi connectivity index (χ4v) is 1.95. The van der Waals surface area contributed by atoms with Crippen LogP contribution in [0.1, 0.15) is 11.5 Å². The van der Waals surface area contributed by atoms with Gasteiger partial charge in [0.2, 0.25) is 0 Å². The first kappa shape index (κ1) is 9.49. The number of benzene rings is 1. The van der Waals surface area contributed by atoms with Crippen LogP contribution in [0.3, 0.4) is 0 Å². The molecule has 2 atom stereocenters. The average molecular weight is 193 g/mol. The van der Waals surface area contributed by atoms with Gasteiger partial charge in [-0.3, -0.25) is 0 Å². The summed E-state index contributed by atoms with van der Waals surface area (Å²) < 4.78 is 5.39. The number of nitrogens with two attached hydrogens (primary N) is 1. The lowest BCUT2D eigenvalue weighted by atomic mass is 9.89. The molecule has 1 aliphatic rings. The van der Waals surface area contributed by atoms with Crippen LogP contribution in [0, 0.1) is 5.92 Å². The third-order valence-electron chi connectivity index (χ3n) is 2.80. The standard InChI is InChI=1S/C11H15NO2/c12-5-9-6-14-7-11(9)8-2-1-3-10(13)4-8/h1-4,9,11,13H,5-7,12H2. The van der Waals surface area contributed by atoms with Crippen molar-refractivity contribution in [2.24, 2.45) is 11.7 Å². The number of aromatic hydroxyl groups is 1. The lowest BCUT2D eigenvalue weighted by Gasteiger charge is -2.15.